The van der Waals surface area contributed by atoms with E-state index in [1.807, 2.05) is 37.3 Å². The molecule has 0 saturated carbocycles. The minimum atomic E-state index is -3.65. The van der Waals surface area contributed by atoms with Crippen LogP contribution in [0.4, 0.5) is 5.82 Å². The fraction of sp³-hybridized carbons (Fsp3) is 0.267. The highest BCUT2D eigenvalue weighted by Crippen LogP contribution is 2.22. The zero-order chi connectivity index (χ0) is 15.3. The second-order valence-corrected chi connectivity index (χ2v) is 6.62. The molecule has 0 aliphatic carbocycles. The van der Waals surface area contributed by atoms with Crippen molar-refractivity contribution in [1.29, 1.82) is 0 Å². The van der Waals surface area contributed by atoms with Crippen molar-refractivity contribution < 1.29 is 8.42 Å². The van der Waals surface area contributed by atoms with Crippen molar-refractivity contribution in [3.63, 3.8) is 0 Å². The van der Waals surface area contributed by atoms with Crippen LogP contribution in [0.2, 0.25) is 0 Å². The van der Waals surface area contributed by atoms with Crippen molar-refractivity contribution >= 4 is 15.8 Å². The maximum absolute atomic E-state index is 12.8. The van der Waals surface area contributed by atoms with Gasteiger partial charge in [0.2, 0.25) is 10.0 Å². The molecule has 0 atom stereocenters. The van der Waals surface area contributed by atoms with E-state index in [1.165, 1.54) is 16.6 Å². The molecule has 5 nitrogen and oxygen atoms in total. The van der Waals surface area contributed by atoms with Gasteiger partial charge in [-0.3, -0.25) is 0 Å². The maximum atomic E-state index is 12.8. The van der Waals surface area contributed by atoms with Crippen molar-refractivity contribution in [2.45, 2.75) is 24.8 Å². The molecule has 6 heteroatoms. The first-order valence-corrected chi connectivity index (χ1v) is 8.24. The van der Waals surface area contributed by atoms with Crippen LogP contribution in [-0.2, 0) is 16.6 Å². The van der Waals surface area contributed by atoms with Gasteiger partial charge in [-0.2, -0.15) is 4.31 Å². The van der Waals surface area contributed by atoms with Crippen molar-refractivity contribution in [3.05, 3.63) is 54.2 Å². The summed E-state index contributed by atoms with van der Waals surface area (Å²) in [5.74, 6) is 0.0339. The molecule has 1 aromatic heterocycles. The lowest BCUT2D eigenvalue weighted by atomic mass is 10.2. The summed E-state index contributed by atoms with van der Waals surface area (Å²) >= 11 is 0. The van der Waals surface area contributed by atoms with E-state index in [4.69, 9.17) is 5.73 Å². The minimum Gasteiger partial charge on any atom is -0.383 e. The number of pyridine rings is 1. The van der Waals surface area contributed by atoms with Crippen LogP contribution in [-0.4, -0.2) is 24.3 Å². The summed E-state index contributed by atoms with van der Waals surface area (Å²) in [6.45, 7) is 2.71. The molecule has 0 saturated heterocycles. The van der Waals surface area contributed by atoms with Gasteiger partial charge in [-0.15, -0.1) is 0 Å². The molecule has 0 unspecified atom stereocenters. The Morgan fingerprint density at radius 2 is 1.86 bits per heavy atom. The molecule has 2 N–H and O–H groups in total. The monoisotopic (exact) mass is 305 g/mol. The van der Waals surface area contributed by atoms with E-state index in [-0.39, 0.29) is 10.7 Å². The van der Waals surface area contributed by atoms with Crippen LogP contribution in [0.5, 0.6) is 0 Å². The Labute approximate surface area is 125 Å². The lowest BCUT2D eigenvalue weighted by Crippen LogP contribution is -2.32. The number of hydrogen-bond donors (Lipinski definition) is 1. The zero-order valence-electron chi connectivity index (χ0n) is 11.9. The Balaban J connectivity index is 2.35. The third kappa shape index (κ3) is 3.59. The molecule has 0 fully saturated rings. The van der Waals surface area contributed by atoms with Crippen molar-refractivity contribution in [2.75, 3.05) is 12.3 Å². The summed E-state index contributed by atoms with van der Waals surface area (Å²) in [4.78, 5) is 3.93. The van der Waals surface area contributed by atoms with Crippen molar-refractivity contribution in [3.8, 4) is 0 Å². The number of hydrogen-bond acceptors (Lipinski definition) is 4. The van der Waals surface area contributed by atoms with Crippen LogP contribution in [0.25, 0.3) is 0 Å². The molecule has 0 spiro atoms. The second kappa shape index (κ2) is 6.69. The highest BCUT2D eigenvalue weighted by atomic mass is 32.2. The minimum absolute atomic E-state index is 0.0339. The predicted octanol–water partition coefficient (Wildman–Crippen LogP) is 2.26. The predicted molar refractivity (Wildman–Crippen MR) is 83.0 cm³/mol. The largest absolute Gasteiger partial charge is 0.383 e. The Morgan fingerprint density at radius 3 is 2.48 bits per heavy atom. The number of nitrogens with two attached hydrogens (primary N) is 1. The number of rotatable bonds is 6. The topological polar surface area (TPSA) is 76.3 Å². The van der Waals surface area contributed by atoms with Gasteiger partial charge in [-0.05, 0) is 24.1 Å². The molecule has 0 amide bonds. The van der Waals surface area contributed by atoms with Crippen LogP contribution in [0.15, 0.2) is 53.6 Å². The van der Waals surface area contributed by atoms with E-state index in [0.717, 1.165) is 12.0 Å². The van der Waals surface area contributed by atoms with Crippen LogP contribution in [0.3, 0.4) is 0 Å². The number of nitrogens with zero attached hydrogens (tertiary/aromatic N) is 2. The van der Waals surface area contributed by atoms with Gasteiger partial charge in [0.15, 0.2) is 0 Å². The smallest absolute Gasteiger partial charge is 0.247 e. The first-order valence-electron chi connectivity index (χ1n) is 6.80. The SMILES string of the molecule is CCCN(Cc1ccccc1)S(=O)(=O)c1cccnc1N. The molecular weight excluding hydrogens is 286 g/mol. The van der Waals surface area contributed by atoms with Crippen LogP contribution < -0.4 is 5.73 Å². The molecule has 1 aromatic carbocycles. The van der Waals surface area contributed by atoms with E-state index >= 15 is 0 Å². The second-order valence-electron chi connectivity index (χ2n) is 4.71. The first-order chi connectivity index (χ1) is 10.1. The third-order valence-electron chi connectivity index (χ3n) is 3.09. The average molecular weight is 305 g/mol. The molecule has 21 heavy (non-hydrogen) atoms. The molecule has 0 aliphatic heterocycles. The zero-order valence-corrected chi connectivity index (χ0v) is 12.8. The molecule has 112 valence electrons. The summed E-state index contributed by atoms with van der Waals surface area (Å²) in [5, 5.41) is 0. The van der Waals surface area contributed by atoms with Gasteiger partial charge in [-0.25, -0.2) is 13.4 Å². The Hall–Kier alpha value is -1.92. The van der Waals surface area contributed by atoms with Crippen molar-refractivity contribution in [2.24, 2.45) is 0 Å². The van der Waals surface area contributed by atoms with E-state index < -0.39 is 10.0 Å². The molecule has 0 bridgehead atoms. The number of anilines is 1. The lowest BCUT2D eigenvalue weighted by Gasteiger charge is -2.22. The van der Waals surface area contributed by atoms with E-state index in [2.05, 4.69) is 4.98 Å². The molecule has 0 aliphatic rings. The highest BCUT2D eigenvalue weighted by molar-refractivity contribution is 7.89. The summed E-state index contributed by atoms with van der Waals surface area (Å²) in [5.41, 5.74) is 6.66. The molecular formula is C15H19N3O2S. The van der Waals surface area contributed by atoms with Crippen LogP contribution >= 0.6 is 0 Å². The number of aromatic nitrogens is 1. The summed E-state index contributed by atoms with van der Waals surface area (Å²) in [6, 6.07) is 12.6. The van der Waals surface area contributed by atoms with Gasteiger partial charge in [0.25, 0.3) is 0 Å². The van der Waals surface area contributed by atoms with Gasteiger partial charge in [-0.1, -0.05) is 37.3 Å². The van der Waals surface area contributed by atoms with Gasteiger partial charge in [0.05, 0.1) is 0 Å². The maximum Gasteiger partial charge on any atom is 0.247 e. The summed E-state index contributed by atoms with van der Waals surface area (Å²) in [7, 11) is -3.65. The Bertz CT molecular complexity index is 687. The summed E-state index contributed by atoms with van der Waals surface area (Å²) in [6.07, 6.45) is 2.21. The Kier molecular flexibility index (Phi) is 4.93. The first kappa shape index (κ1) is 15.5. The number of benzene rings is 1. The quantitative estimate of drug-likeness (QED) is 0.888. The summed E-state index contributed by atoms with van der Waals surface area (Å²) < 4.78 is 26.9. The average Bonchev–Trinajstić information content (AvgIpc) is 2.48. The van der Waals surface area contributed by atoms with Gasteiger partial charge in [0.1, 0.15) is 10.7 Å². The Morgan fingerprint density at radius 1 is 1.14 bits per heavy atom. The fourth-order valence-electron chi connectivity index (χ4n) is 2.08. The number of nitrogen functional groups attached to an aromatic ring is 1. The van der Waals surface area contributed by atoms with Gasteiger partial charge in [0, 0.05) is 19.3 Å². The highest BCUT2D eigenvalue weighted by Gasteiger charge is 2.26. The molecule has 2 rings (SSSR count). The van der Waals surface area contributed by atoms with E-state index in [1.54, 1.807) is 6.07 Å². The van der Waals surface area contributed by atoms with E-state index in [9.17, 15) is 8.42 Å². The fourth-order valence-corrected chi connectivity index (χ4v) is 3.67. The molecule has 2 aromatic rings. The lowest BCUT2D eigenvalue weighted by molar-refractivity contribution is 0.406. The van der Waals surface area contributed by atoms with Crippen LogP contribution in [0.1, 0.15) is 18.9 Å². The third-order valence-corrected chi connectivity index (χ3v) is 4.98. The van der Waals surface area contributed by atoms with E-state index in [0.29, 0.717) is 13.1 Å². The van der Waals surface area contributed by atoms with Crippen molar-refractivity contribution in [1.82, 2.24) is 9.29 Å². The van der Waals surface area contributed by atoms with Crippen LogP contribution in [0, 0.1) is 0 Å². The molecule has 1 heterocycles. The van der Waals surface area contributed by atoms with Gasteiger partial charge >= 0.3 is 0 Å². The molecule has 0 radical (unpaired) electrons. The van der Waals surface area contributed by atoms with Gasteiger partial charge < -0.3 is 5.73 Å². The normalized spacial score (nSPS) is 11.7. The number of sulfonamides is 1. The standard InChI is InChI=1S/C15H19N3O2S/c1-2-11-18(12-13-7-4-3-5-8-13)21(19,20)14-9-6-10-17-15(14)16/h3-10H,2,11-12H2,1H3,(H2,16,17).